The maximum atomic E-state index is 10.8. The van der Waals surface area contributed by atoms with E-state index in [-0.39, 0.29) is 5.91 Å². The van der Waals surface area contributed by atoms with Crippen LogP contribution in [0.2, 0.25) is 0 Å². The maximum absolute atomic E-state index is 10.8. The number of amides is 3. The molecule has 0 aromatic rings. The van der Waals surface area contributed by atoms with Crippen molar-refractivity contribution in [2.75, 3.05) is 6.54 Å². The number of likely N-dealkylation sites (tertiary alicyclic amines) is 1. The fourth-order valence-electron chi connectivity index (χ4n) is 1.06. The van der Waals surface area contributed by atoms with Crippen LogP contribution in [0.15, 0.2) is 0 Å². The molecule has 5 N–H and O–H groups in total. The van der Waals surface area contributed by atoms with Crippen molar-refractivity contribution in [2.45, 2.75) is 26.0 Å². The van der Waals surface area contributed by atoms with Crippen molar-refractivity contribution in [1.29, 1.82) is 0 Å². The summed E-state index contributed by atoms with van der Waals surface area (Å²) in [5.74, 6) is 0.0741. The van der Waals surface area contributed by atoms with Crippen molar-refractivity contribution < 1.29 is 14.7 Å². The van der Waals surface area contributed by atoms with Crippen LogP contribution in [0.3, 0.4) is 0 Å². The molecule has 6 heteroatoms. The van der Waals surface area contributed by atoms with E-state index in [4.69, 9.17) is 9.90 Å². The summed E-state index contributed by atoms with van der Waals surface area (Å²) < 4.78 is 0. The molecule has 1 aliphatic heterocycles. The molecule has 1 saturated heterocycles. The van der Waals surface area contributed by atoms with E-state index in [1.807, 2.05) is 0 Å². The molecule has 0 aliphatic carbocycles. The Morgan fingerprint density at radius 1 is 1.62 bits per heavy atom. The van der Waals surface area contributed by atoms with Crippen LogP contribution in [0.4, 0.5) is 4.79 Å². The van der Waals surface area contributed by atoms with Crippen LogP contribution in [-0.4, -0.2) is 34.7 Å². The van der Waals surface area contributed by atoms with Gasteiger partial charge in [-0.3, -0.25) is 4.79 Å². The molecule has 13 heavy (non-hydrogen) atoms. The quantitative estimate of drug-likeness (QED) is 0.490. The van der Waals surface area contributed by atoms with Crippen molar-refractivity contribution in [3.8, 4) is 0 Å². The second kappa shape index (κ2) is 5.36. The van der Waals surface area contributed by atoms with Crippen molar-refractivity contribution >= 4 is 11.9 Å². The van der Waals surface area contributed by atoms with Gasteiger partial charge in [0, 0.05) is 13.0 Å². The standard InChI is InChI=1S/C6H11NO2.CH4N2O/c1-5(8)7-4-2-3-6(7)9;2-1(3)4/h5,8H,2-4H2,1H3;(H4,2,3,4). The van der Waals surface area contributed by atoms with Crippen LogP contribution in [0.25, 0.3) is 0 Å². The number of nitrogens with zero attached hydrogens (tertiary/aromatic N) is 1. The average molecular weight is 189 g/mol. The second-order valence-corrected chi connectivity index (χ2v) is 2.72. The van der Waals surface area contributed by atoms with Gasteiger partial charge in [0.2, 0.25) is 5.91 Å². The normalized spacial score (nSPS) is 17.7. The second-order valence-electron chi connectivity index (χ2n) is 2.72. The third kappa shape index (κ3) is 5.02. The van der Waals surface area contributed by atoms with Crippen molar-refractivity contribution in [3.05, 3.63) is 0 Å². The smallest absolute Gasteiger partial charge is 0.309 e. The summed E-state index contributed by atoms with van der Waals surface area (Å²) in [6, 6.07) is -0.833. The highest BCUT2D eigenvalue weighted by molar-refractivity contribution is 5.78. The lowest BCUT2D eigenvalue weighted by Crippen LogP contribution is -2.33. The van der Waals surface area contributed by atoms with E-state index in [0.29, 0.717) is 6.42 Å². The summed E-state index contributed by atoms with van der Waals surface area (Å²) in [6.45, 7) is 2.33. The average Bonchev–Trinajstić information content (AvgIpc) is 2.33. The lowest BCUT2D eigenvalue weighted by atomic mass is 10.4. The van der Waals surface area contributed by atoms with E-state index in [1.165, 1.54) is 4.90 Å². The Balaban J connectivity index is 0.000000310. The summed E-state index contributed by atoms with van der Waals surface area (Å²) in [7, 11) is 0. The fraction of sp³-hybridized carbons (Fsp3) is 0.714. The Morgan fingerprint density at radius 2 is 2.08 bits per heavy atom. The minimum atomic E-state index is -0.833. The fourth-order valence-corrected chi connectivity index (χ4v) is 1.06. The molecule has 1 unspecified atom stereocenters. The molecule has 0 aromatic heterocycles. The third-order valence-electron chi connectivity index (χ3n) is 1.56. The summed E-state index contributed by atoms with van der Waals surface area (Å²) >= 11 is 0. The van der Waals surface area contributed by atoms with E-state index in [9.17, 15) is 4.79 Å². The molecule has 0 aromatic carbocycles. The Hall–Kier alpha value is -1.30. The number of urea groups is 1. The van der Waals surface area contributed by atoms with Crippen LogP contribution in [-0.2, 0) is 4.79 Å². The summed E-state index contributed by atoms with van der Waals surface area (Å²) in [6.07, 6.45) is 0.897. The number of nitrogens with two attached hydrogens (primary N) is 2. The highest BCUT2D eigenvalue weighted by Gasteiger charge is 2.22. The molecule has 0 saturated carbocycles. The largest absolute Gasteiger partial charge is 0.374 e. The maximum Gasteiger partial charge on any atom is 0.309 e. The first-order chi connectivity index (χ1) is 5.95. The zero-order valence-electron chi connectivity index (χ0n) is 7.56. The van der Waals surface area contributed by atoms with Crippen molar-refractivity contribution in [2.24, 2.45) is 11.5 Å². The van der Waals surface area contributed by atoms with Crippen LogP contribution in [0.5, 0.6) is 0 Å². The third-order valence-corrected chi connectivity index (χ3v) is 1.56. The van der Waals surface area contributed by atoms with Gasteiger partial charge in [0.15, 0.2) is 0 Å². The highest BCUT2D eigenvalue weighted by atomic mass is 16.3. The minimum absolute atomic E-state index is 0.0741. The molecule has 1 aliphatic rings. The Morgan fingerprint density at radius 3 is 2.23 bits per heavy atom. The molecule has 0 radical (unpaired) electrons. The van der Waals surface area contributed by atoms with Crippen LogP contribution < -0.4 is 11.5 Å². The zero-order chi connectivity index (χ0) is 10.4. The number of hydrogen-bond donors (Lipinski definition) is 3. The van der Waals surface area contributed by atoms with E-state index in [0.717, 1.165) is 13.0 Å². The van der Waals surface area contributed by atoms with Gasteiger partial charge in [0.1, 0.15) is 6.23 Å². The first-order valence-electron chi connectivity index (χ1n) is 3.97. The first-order valence-corrected chi connectivity index (χ1v) is 3.97. The van der Waals surface area contributed by atoms with E-state index < -0.39 is 12.3 Å². The molecule has 0 bridgehead atoms. The molecular formula is C7H15N3O3. The van der Waals surface area contributed by atoms with Gasteiger partial charge in [-0.2, -0.15) is 0 Å². The predicted octanol–water partition coefficient (Wildman–Crippen LogP) is -1.03. The molecule has 1 fully saturated rings. The summed E-state index contributed by atoms with van der Waals surface area (Å²) in [4.78, 5) is 21.3. The molecule has 1 heterocycles. The number of aliphatic hydroxyl groups is 1. The number of aliphatic hydroxyl groups excluding tert-OH is 1. The Kier molecular flexibility index (Phi) is 4.83. The van der Waals surface area contributed by atoms with Crippen molar-refractivity contribution in [1.82, 2.24) is 4.90 Å². The number of carbonyl (C=O) groups excluding carboxylic acids is 2. The van der Waals surface area contributed by atoms with Crippen LogP contribution >= 0.6 is 0 Å². The molecule has 0 spiro atoms. The Bertz CT molecular complexity index is 189. The minimum Gasteiger partial charge on any atom is -0.374 e. The molecule has 3 amide bonds. The predicted molar refractivity (Wildman–Crippen MR) is 46.4 cm³/mol. The summed E-state index contributed by atoms with van der Waals surface area (Å²) in [5, 5.41) is 8.93. The number of rotatable bonds is 1. The molecule has 6 nitrogen and oxygen atoms in total. The van der Waals surface area contributed by atoms with E-state index >= 15 is 0 Å². The van der Waals surface area contributed by atoms with Crippen molar-refractivity contribution in [3.63, 3.8) is 0 Å². The van der Waals surface area contributed by atoms with E-state index in [2.05, 4.69) is 11.5 Å². The Labute approximate surface area is 76.5 Å². The number of carbonyl (C=O) groups is 2. The molecule has 76 valence electrons. The van der Waals surface area contributed by atoms with Crippen LogP contribution in [0.1, 0.15) is 19.8 Å². The van der Waals surface area contributed by atoms with Gasteiger partial charge in [0.05, 0.1) is 0 Å². The van der Waals surface area contributed by atoms with Gasteiger partial charge in [-0.05, 0) is 13.3 Å². The van der Waals surface area contributed by atoms with Gasteiger partial charge in [-0.25, -0.2) is 4.79 Å². The molecular weight excluding hydrogens is 174 g/mol. The number of primary amides is 2. The zero-order valence-corrected chi connectivity index (χ0v) is 7.56. The van der Waals surface area contributed by atoms with Gasteiger partial charge in [-0.1, -0.05) is 0 Å². The summed E-state index contributed by atoms with van der Waals surface area (Å²) in [5.41, 5.74) is 8.50. The lowest BCUT2D eigenvalue weighted by Gasteiger charge is -2.17. The monoisotopic (exact) mass is 189 g/mol. The number of hydrogen-bond acceptors (Lipinski definition) is 3. The van der Waals surface area contributed by atoms with Gasteiger partial charge in [0.25, 0.3) is 0 Å². The molecule has 1 atom stereocenters. The lowest BCUT2D eigenvalue weighted by molar-refractivity contribution is -0.135. The first kappa shape index (κ1) is 11.7. The molecule has 1 rings (SSSR count). The SMILES string of the molecule is CC(O)N1CCCC1=O.NC(N)=O. The van der Waals surface area contributed by atoms with Crippen LogP contribution in [0, 0.1) is 0 Å². The highest BCUT2D eigenvalue weighted by Crippen LogP contribution is 2.11. The van der Waals surface area contributed by atoms with Gasteiger partial charge in [-0.15, -0.1) is 0 Å². The van der Waals surface area contributed by atoms with E-state index in [1.54, 1.807) is 6.92 Å². The van der Waals surface area contributed by atoms with Gasteiger partial charge < -0.3 is 21.5 Å². The topological polar surface area (TPSA) is 110 Å². The van der Waals surface area contributed by atoms with Gasteiger partial charge >= 0.3 is 6.03 Å².